The van der Waals surface area contributed by atoms with Gasteiger partial charge in [0.05, 0.1) is 16.4 Å². The summed E-state index contributed by atoms with van der Waals surface area (Å²) in [5.41, 5.74) is 1.68. The maximum absolute atomic E-state index is 12.5. The largest absolute Gasteiger partial charge is 0.311 e. The Morgan fingerprint density at radius 3 is 2.69 bits per heavy atom. The summed E-state index contributed by atoms with van der Waals surface area (Å²) in [5.74, 6) is -1.45. The van der Waals surface area contributed by atoms with Crippen molar-refractivity contribution >= 4 is 43.0 Å². The molecule has 1 amide bonds. The lowest BCUT2D eigenvalue weighted by molar-refractivity contribution is -0.384. The molecule has 2 aromatic rings. The van der Waals surface area contributed by atoms with Crippen LogP contribution in [0.2, 0.25) is 0 Å². The predicted molar refractivity (Wildman–Crippen MR) is 101 cm³/mol. The zero-order valence-electron chi connectivity index (χ0n) is 13.6. The van der Waals surface area contributed by atoms with E-state index >= 15 is 0 Å². The van der Waals surface area contributed by atoms with E-state index in [0.717, 1.165) is 10.0 Å². The highest BCUT2D eigenvalue weighted by molar-refractivity contribution is 9.10. The van der Waals surface area contributed by atoms with Crippen molar-refractivity contribution in [1.82, 2.24) is 0 Å². The van der Waals surface area contributed by atoms with Gasteiger partial charge in [0.1, 0.15) is 5.75 Å². The number of carbonyl (C=O) groups is 1. The summed E-state index contributed by atoms with van der Waals surface area (Å²) in [6, 6.07) is 11.2. The molecule has 0 spiro atoms. The second-order valence-corrected chi connectivity index (χ2v) is 9.01. The van der Waals surface area contributed by atoms with Crippen LogP contribution in [-0.2, 0) is 26.8 Å². The number of nitrogens with zero attached hydrogens (tertiary/aromatic N) is 2. The zero-order valence-corrected chi connectivity index (χ0v) is 16.0. The minimum atomic E-state index is -3.66. The minimum absolute atomic E-state index is 0.125. The SMILES string of the molecule is O=C(CS(=O)(=O)Cc1cccc(Br)c1)N1CCc2ccc([N+](=O)[O-])cc21. The lowest BCUT2D eigenvalue weighted by atomic mass is 10.1. The van der Waals surface area contributed by atoms with Crippen molar-refractivity contribution in [2.75, 3.05) is 17.2 Å². The molecule has 0 fully saturated rings. The molecule has 1 aliphatic rings. The number of carbonyl (C=O) groups excluding carboxylic acids is 1. The topological polar surface area (TPSA) is 97.6 Å². The Morgan fingerprint density at radius 2 is 2.00 bits per heavy atom. The Balaban J connectivity index is 1.77. The van der Waals surface area contributed by atoms with Crippen molar-refractivity contribution in [2.45, 2.75) is 12.2 Å². The van der Waals surface area contributed by atoms with Gasteiger partial charge in [0.15, 0.2) is 9.84 Å². The number of nitro benzene ring substituents is 1. The highest BCUT2D eigenvalue weighted by Gasteiger charge is 2.29. The third-order valence-corrected chi connectivity index (χ3v) is 6.05. The molecule has 0 bridgehead atoms. The van der Waals surface area contributed by atoms with Gasteiger partial charge in [0.25, 0.3) is 5.69 Å². The second-order valence-electron chi connectivity index (χ2n) is 6.03. The van der Waals surface area contributed by atoms with Gasteiger partial charge in [-0.3, -0.25) is 14.9 Å². The van der Waals surface area contributed by atoms with Crippen LogP contribution in [0.4, 0.5) is 11.4 Å². The molecule has 0 radical (unpaired) electrons. The second kappa shape index (κ2) is 7.16. The molecular weight excluding hydrogens is 424 g/mol. The van der Waals surface area contributed by atoms with Crippen molar-refractivity contribution in [3.05, 3.63) is 68.2 Å². The van der Waals surface area contributed by atoms with E-state index in [1.165, 1.54) is 17.0 Å². The Hall–Kier alpha value is -2.26. The van der Waals surface area contributed by atoms with Gasteiger partial charge in [0, 0.05) is 23.2 Å². The van der Waals surface area contributed by atoms with E-state index in [-0.39, 0.29) is 11.4 Å². The summed E-state index contributed by atoms with van der Waals surface area (Å²) in [7, 11) is -3.66. The van der Waals surface area contributed by atoms with Crippen molar-refractivity contribution < 1.29 is 18.1 Å². The van der Waals surface area contributed by atoms with Gasteiger partial charge in [-0.25, -0.2) is 8.42 Å². The molecule has 0 aromatic heterocycles. The number of sulfone groups is 1. The Bertz CT molecular complexity index is 990. The van der Waals surface area contributed by atoms with Gasteiger partial charge >= 0.3 is 0 Å². The first-order chi connectivity index (χ1) is 12.2. The minimum Gasteiger partial charge on any atom is -0.311 e. The monoisotopic (exact) mass is 438 g/mol. The molecule has 0 N–H and O–H groups in total. The molecule has 3 rings (SSSR count). The van der Waals surface area contributed by atoms with Gasteiger partial charge in [-0.1, -0.05) is 34.1 Å². The maximum Gasteiger partial charge on any atom is 0.271 e. The quantitative estimate of drug-likeness (QED) is 0.527. The van der Waals surface area contributed by atoms with E-state index in [1.54, 1.807) is 30.3 Å². The fraction of sp³-hybridized carbons (Fsp3) is 0.235. The first kappa shape index (κ1) is 18.5. The van der Waals surface area contributed by atoms with Gasteiger partial charge in [-0.15, -0.1) is 0 Å². The number of halogens is 1. The molecule has 26 heavy (non-hydrogen) atoms. The Labute approximate surface area is 158 Å². The zero-order chi connectivity index (χ0) is 18.9. The van der Waals surface area contributed by atoms with E-state index in [2.05, 4.69) is 15.9 Å². The Kier molecular flexibility index (Phi) is 5.10. The smallest absolute Gasteiger partial charge is 0.271 e. The summed E-state index contributed by atoms with van der Waals surface area (Å²) in [5, 5.41) is 10.9. The molecule has 1 heterocycles. The summed E-state index contributed by atoms with van der Waals surface area (Å²) in [4.78, 5) is 24.3. The van der Waals surface area contributed by atoms with Crippen LogP contribution < -0.4 is 4.90 Å². The van der Waals surface area contributed by atoms with E-state index < -0.39 is 26.4 Å². The standard InChI is InChI=1S/C17H15BrN2O5S/c18-14-3-1-2-12(8-14)10-26(24,25)11-17(21)19-7-6-13-4-5-15(20(22)23)9-16(13)19/h1-5,8-9H,6-7,10-11H2. The number of benzene rings is 2. The molecule has 0 aliphatic carbocycles. The predicted octanol–water partition coefficient (Wildman–Crippen LogP) is 2.86. The van der Waals surface area contributed by atoms with Crippen LogP contribution in [0.3, 0.4) is 0 Å². The van der Waals surface area contributed by atoms with E-state index in [1.807, 2.05) is 0 Å². The number of fused-ring (bicyclic) bond motifs is 1. The summed E-state index contributed by atoms with van der Waals surface area (Å²) in [6.07, 6.45) is 0.546. The van der Waals surface area contributed by atoms with Gasteiger partial charge in [0.2, 0.25) is 5.91 Å². The number of hydrogen-bond acceptors (Lipinski definition) is 5. The maximum atomic E-state index is 12.5. The third kappa shape index (κ3) is 4.10. The summed E-state index contributed by atoms with van der Waals surface area (Å²) in [6.45, 7) is 0.321. The average molecular weight is 439 g/mol. The third-order valence-electron chi connectivity index (χ3n) is 4.10. The number of hydrogen-bond donors (Lipinski definition) is 0. The first-order valence-electron chi connectivity index (χ1n) is 7.78. The molecule has 0 saturated heterocycles. The molecule has 0 unspecified atom stereocenters. The van der Waals surface area contributed by atoms with Crippen LogP contribution in [0, 0.1) is 10.1 Å². The molecular formula is C17H15BrN2O5S. The fourth-order valence-corrected chi connectivity index (χ4v) is 4.71. The van der Waals surface area contributed by atoms with Crippen LogP contribution >= 0.6 is 15.9 Å². The number of anilines is 1. The molecule has 0 atom stereocenters. The lowest BCUT2D eigenvalue weighted by Gasteiger charge is -2.17. The first-order valence-corrected chi connectivity index (χ1v) is 10.4. The Morgan fingerprint density at radius 1 is 1.23 bits per heavy atom. The van der Waals surface area contributed by atoms with Crippen LogP contribution in [0.5, 0.6) is 0 Å². The van der Waals surface area contributed by atoms with Crippen molar-refractivity contribution in [2.24, 2.45) is 0 Å². The van der Waals surface area contributed by atoms with Gasteiger partial charge in [-0.05, 0) is 29.7 Å². The normalized spacial score (nSPS) is 13.5. The molecule has 1 aliphatic heterocycles. The van der Waals surface area contributed by atoms with E-state index in [9.17, 15) is 23.3 Å². The molecule has 136 valence electrons. The van der Waals surface area contributed by atoms with Crippen LogP contribution in [0.1, 0.15) is 11.1 Å². The summed E-state index contributed by atoms with van der Waals surface area (Å²) < 4.78 is 25.6. The number of amides is 1. The lowest BCUT2D eigenvalue weighted by Crippen LogP contribution is -2.34. The molecule has 7 nitrogen and oxygen atoms in total. The number of non-ortho nitro benzene ring substituents is 1. The average Bonchev–Trinajstić information content (AvgIpc) is 2.96. The van der Waals surface area contributed by atoms with Gasteiger partial charge in [-0.2, -0.15) is 0 Å². The van der Waals surface area contributed by atoms with Crippen LogP contribution in [0.25, 0.3) is 0 Å². The highest BCUT2D eigenvalue weighted by atomic mass is 79.9. The van der Waals surface area contributed by atoms with E-state index in [0.29, 0.717) is 24.2 Å². The van der Waals surface area contributed by atoms with Crippen LogP contribution in [0.15, 0.2) is 46.9 Å². The van der Waals surface area contributed by atoms with Crippen molar-refractivity contribution in [3.8, 4) is 0 Å². The van der Waals surface area contributed by atoms with Crippen molar-refractivity contribution in [3.63, 3.8) is 0 Å². The number of nitro groups is 1. The fourth-order valence-electron chi connectivity index (χ4n) is 2.94. The molecule has 2 aromatic carbocycles. The van der Waals surface area contributed by atoms with E-state index in [4.69, 9.17) is 0 Å². The summed E-state index contributed by atoms with van der Waals surface area (Å²) >= 11 is 3.29. The highest BCUT2D eigenvalue weighted by Crippen LogP contribution is 2.32. The van der Waals surface area contributed by atoms with Crippen LogP contribution in [-0.4, -0.2) is 31.5 Å². The molecule has 9 heteroatoms. The molecule has 0 saturated carbocycles. The van der Waals surface area contributed by atoms with Gasteiger partial charge < -0.3 is 4.90 Å². The van der Waals surface area contributed by atoms with Crippen molar-refractivity contribution in [1.29, 1.82) is 0 Å². The number of rotatable bonds is 5.